The van der Waals surface area contributed by atoms with Crippen LogP contribution in [0.4, 0.5) is 4.79 Å². The smallest absolute Gasteiger partial charge is 0.326 e. The lowest BCUT2D eigenvalue weighted by atomic mass is 10.2. The van der Waals surface area contributed by atoms with Gasteiger partial charge >= 0.3 is 6.03 Å². The molecule has 0 radical (unpaired) electrons. The molecule has 0 aliphatic carbocycles. The van der Waals surface area contributed by atoms with E-state index >= 15 is 0 Å². The van der Waals surface area contributed by atoms with Crippen molar-refractivity contribution in [3.8, 4) is 0 Å². The molecule has 0 aromatic heterocycles. The maximum atomic E-state index is 12.0. The third-order valence-corrected chi connectivity index (χ3v) is 3.06. The highest BCUT2D eigenvalue weighted by atomic mass is 79.9. The van der Waals surface area contributed by atoms with Crippen LogP contribution in [0.5, 0.6) is 0 Å². The third kappa shape index (κ3) is 3.68. The number of alkyl halides is 1. The number of carbonyl (C=O) groups is 2. The van der Waals surface area contributed by atoms with E-state index in [1.807, 2.05) is 20.8 Å². The summed E-state index contributed by atoms with van der Waals surface area (Å²) in [4.78, 5) is 26.4. The second kappa shape index (κ2) is 5.57. The largest absolute Gasteiger partial charge is 0.374 e. The van der Waals surface area contributed by atoms with Crippen molar-refractivity contribution in [2.45, 2.75) is 44.2 Å². The van der Waals surface area contributed by atoms with Crippen LogP contribution in [0.2, 0.25) is 0 Å². The number of rotatable bonds is 3. The number of amides is 3. The minimum Gasteiger partial charge on any atom is -0.374 e. The van der Waals surface area contributed by atoms with Gasteiger partial charge in [0.15, 0.2) is 0 Å². The molecule has 1 aliphatic rings. The average molecular weight is 321 g/mol. The number of urea groups is 1. The van der Waals surface area contributed by atoms with E-state index < -0.39 is 0 Å². The summed E-state index contributed by atoms with van der Waals surface area (Å²) in [5.41, 5.74) is -0.279. The molecule has 0 unspecified atom stereocenters. The Morgan fingerprint density at radius 1 is 1.56 bits per heavy atom. The molecule has 1 aliphatic heterocycles. The fourth-order valence-electron chi connectivity index (χ4n) is 1.76. The third-order valence-electron chi connectivity index (χ3n) is 2.67. The molecule has 104 valence electrons. The highest BCUT2D eigenvalue weighted by Gasteiger charge is 2.41. The zero-order valence-corrected chi connectivity index (χ0v) is 13.2. The molecule has 1 rings (SSSR count). The Labute approximate surface area is 117 Å². The monoisotopic (exact) mass is 320 g/mol. The maximum Gasteiger partial charge on any atom is 0.326 e. The number of hydrogen-bond donors (Lipinski definition) is 0. The molecule has 2 atom stereocenters. The average Bonchev–Trinajstić information content (AvgIpc) is 2.50. The summed E-state index contributed by atoms with van der Waals surface area (Å²) < 4.78 is 5.68. The van der Waals surface area contributed by atoms with Gasteiger partial charge in [0.05, 0.1) is 23.1 Å². The topological polar surface area (TPSA) is 49.9 Å². The first-order valence-corrected chi connectivity index (χ1v) is 6.91. The summed E-state index contributed by atoms with van der Waals surface area (Å²) in [5.74, 6) is -0.216. The summed E-state index contributed by atoms with van der Waals surface area (Å²) in [7, 11) is 1.69. The molecule has 0 N–H and O–H groups in total. The van der Waals surface area contributed by atoms with E-state index in [2.05, 4.69) is 15.9 Å². The van der Waals surface area contributed by atoms with Crippen LogP contribution in [0.25, 0.3) is 0 Å². The second-order valence-electron chi connectivity index (χ2n) is 5.56. The Hall–Kier alpha value is -0.620. The minimum absolute atomic E-state index is 0.214. The summed E-state index contributed by atoms with van der Waals surface area (Å²) in [6, 6.07) is -0.469. The number of imide groups is 1. The van der Waals surface area contributed by atoms with Crippen LogP contribution in [0.3, 0.4) is 0 Å². The maximum absolute atomic E-state index is 12.0. The molecule has 1 saturated heterocycles. The summed E-state index contributed by atoms with van der Waals surface area (Å²) >= 11 is 3.21. The molecule has 0 spiro atoms. The van der Waals surface area contributed by atoms with Gasteiger partial charge in [-0.1, -0.05) is 15.9 Å². The van der Waals surface area contributed by atoms with Crippen molar-refractivity contribution in [3.63, 3.8) is 0 Å². The van der Waals surface area contributed by atoms with Crippen LogP contribution in [-0.4, -0.2) is 58.4 Å². The van der Waals surface area contributed by atoms with E-state index in [0.717, 1.165) is 0 Å². The van der Waals surface area contributed by atoms with Gasteiger partial charge in [-0.2, -0.15) is 0 Å². The molecule has 0 aromatic rings. The van der Waals surface area contributed by atoms with Crippen LogP contribution in [0.1, 0.15) is 27.7 Å². The van der Waals surface area contributed by atoms with Gasteiger partial charge in [-0.25, -0.2) is 4.79 Å². The summed E-state index contributed by atoms with van der Waals surface area (Å²) in [5, 5.41) is 0. The first-order chi connectivity index (χ1) is 8.13. The molecule has 6 heteroatoms. The predicted octanol–water partition coefficient (Wildman–Crippen LogP) is 1.85. The Kier molecular flexibility index (Phi) is 4.78. The molecular formula is C12H21BrN2O3. The fourth-order valence-corrected chi connectivity index (χ4v) is 1.98. The van der Waals surface area contributed by atoms with Gasteiger partial charge in [0, 0.05) is 13.6 Å². The second-order valence-corrected chi connectivity index (χ2v) is 6.94. The normalized spacial score (nSPS) is 22.6. The Balaban J connectivity index is 2.76. The summed E-state index contributed by atoms with van der Waals surface area (Å²) in [6.07, 6.45) is 0. The lowest BCUT2D eigenvalue weighted by molar-refractivity contribution is -0.130. The number of halogens is 1. The van der Waals surface area contributed by atoms with Gasteiger partial charge < -0.3 is 9.64 Å². The van der Waals surface area contributed by atoms with E-state index in [-0.39, 0.29) is 28.4 Å². The first kappa shape index (κ1) is 15.4. The lowest BCUT2D eigenvalue weighted by Crippen LogP contribution is -2.45. The minimum atomic E-state index is -0.370. The molecule has 0 saturated carbocycles. The zero-order valence-electron chi connectivity index (χ0n) is 11.6. The highest BCUT2D eigenvalue weighted by Crippen LogP contribution is 2.20. The van der Waals surface area contributed by atoms with E-state index in [0.29, 0.717) is 13.2 Å². The molecule has 5 nitrogen and oxygen atoms in total. The predicted molar refractivity (Wildman–Crippen MR) is 72.8 cm³/mol. The van der Waals surface area contributed by atoms with E-state index in [9.17, 15) is 9.59 Å². The number of ether oxygens (including phenoxy) is 1. The van der Waals surface area contributed by atoms with Gasteiger partial charge in [0.1, 0.15) is 0 Å². The SMILES string of the molecule is C[C@@H](Br)C(=O)N1C(=O)N(C)C[C@H]1COC(C)(C)C. The van der Waals surface area contributed by atoms with Crippen molar-refractivity contribution in [1.82, 2.24) is 9.80 Å². The molecule has 3 amide bonds. The Morgan fingerprint density at radius 3 is 2.56 bits per heavy atom. The standard InChI is InChI=1S/C12H21BrN2O3/c1-8(13)10(16)15-9(6-14(5)11(15)17)7-18-12(2,3)4/h8-9H,6-7H2,1-5H3/t8-,9+/m1/s1. The number of nitrogens with zero attached hydrogens (tertiary/aromatic N) is 2. The van der Waals surface area contributed by atoms with E-state index in [1.165, 1.54) is 4.90 Å². The molecule has 18 heavy (non-hydrogen) atoms. The van der Waals surface area contributed by atoms with Gasteiger partial charge in [0.25, 0.3) is 0 Å². The number of hydrogen-bond acceptors (Lipinski definition) is 3. The molecule has 1 fully saturated rings. The van der Waals surface area contributed by atoms with Gasteiger partial charge in [0.2, 0.25) is 5.91 Å². The van der Waals surface area contributed by atoms with Gasteiger partial charge in [-0.3, -0.25) is 9.69 Å². The van der Waals surface area contributed by atoms with Crippen molar-refractivity contribution in [3.05, 3.63) is 0 Å². The quantitative estimate of drug-likeness (QED) is 0.746. The fraction of sp³-hybridized carbons (Fsp3) is 0.833. The number of carbonyl (C=O) groups excluding carboxylic acids is 2. The van der Waals surface area contributed by atoms with Crippen molar-refractivity contribution < 1.29 is 14.3 Å². The molecular weight excluding hydrogens is 300 g/mol. The lowest BCUT2D eigenvalue weighted by Gasteiger charge is -2.26. The molecule has 0 aromatic carbocycles. The first-order valence-electron chi connectivity index (χ1n) is 5.99. The van der Waals surface area contributed by atoms with Crippen LogP contribution >= 0.6 is 15.9 Å². The van der Waals surface area contributed by atoms with Gasteiger partial charge in [-0.15, -0.1) is 0 Å². The zero-order chi connectivity index (χ0) is 14.1. The van der Waals surface area contributed by atoms with E-state index in [4.69, 9.17) is 4.74 Å². The van der Waals surface area contributed by atoms with Crippen LogP contribution in [0, 0.1) is 0 Å². The highest BCUT2D eigenvalue weighted by molar-refractivity contribution is 9.10. The van der Waals surface area contributed by atoms with Crippen molar-refractivity contribution in [2.75, 3.05) is 20.2 Å². The van der Waals surface area contributed by atoms with Gasteiger partial charge in [-0.05, 0) is 27.7 Å². The Bertz CT molecular complexity index is 339. The number of likely N-dealkylation sites (N-methyl/N-ethyl adjacent to an activating group) is 1. The van der Waals surface area contributed by atoms with Crippen molar-refractivity contribution in [2.24, 2.45) is 0 Å². The van der Waals surface area contributed by atoms with Crippen LogP contribution in [-0.2, 0) is 9.53 Å². The van der Waals surface area contributed by atoms with Crippen LogP contribution < -0.4 is 0 Å². The molecule has 1 heterocycles. The van der Waals surface area contributed by atoms with Crippen molar-refractivity contribution >= 4 is 27.9 Å². The van der Waals surface area contributed by atoms with Crippen molar-refractivity contribution in [1.29, 1.82) is 0 Å². The van der Waals surface area contributed by atoms with Crippen LogP contribution in [0.15, 0.2) is 0 Å². The summed E-state index contributed by atoms with van der Waals surface area (Å²) in [6.45, 7) is 8.45. The Morgan fingerprint density at radius 2 is 2.11 bits per heavy atom. The van der Waals surface area contributed by atoms with E-state index in [1.54, 1.807) is 18.9 Å². The molecule has 0 bridgehead atoms.